The Morgan fingerprint density at radius 2 is 1.48 bits per heavy atom. The molecule has 156 valence electrons. The van der Waals surface area contributed by atoms with Gasteiger partial charge >= 0.3 is 5.97 Å². The van der Waals surface area contributed by atoms with Crippen LogP contribution in [0.1, 0.15) is 26.3 Å². The number of non-ortho nitro benzene ring substituents is 2. The summed E-state index contributed by atoms with van der Waals surface area (Å²) in [7, 11) is 0. The third-order valence-corrected chi connectivity index (χ3v) is 4.32. The van der Waals surface area contributed by atoms with Crippen LogP contribution in [-0.2, 0) is 0 Å². The van der Waals surface area contributed by atoms with Crippen molar-refractivity contribution >= 4 is 28.9 Å². The molecule has 0 bridgehead atoms. The summed E-state index contributed by atoms with van der Waals surface area (Å²) < 4.78 is 5.34. The molecule has 0 aliphatic rings. The van der Waals surface area contributed by atoms with Gasteiger partial charge in [0.1, 0.15) is 0 Å². The lowest BCUT2D eigenvalue weighted by Gasteiger charge is -2.12. The second-order valence-corrected chi connectivity index (χ2v) is 6.40. The molecule has 31 heavy (non-hydrogen) atoms. The number of nitro benzene ring substituents is 2. The molecule has 1 N–H and O–H groups in total. The van der Waals surface area contributed by atoms with E-state index in [1.165, 1.54) is 54.6 Å². The number of benzene rings is 3. The molecule has 10 heteroatoms. The zero-order chi connectivity index (χ0) is 22.5. The number of anilines is 1. The van der Waals surface area contributed by atoms with E-state index < -0.39 is 21.7 Å². The van der Waals surface area contributed by atoms with Crippen molar-refractivity contribution in [3.05, 3.63) is 104 Å². The van der Waals surface area contributed by atoms with E-state index in [9.17, 15) is 29.8 Å². The summed E-state index contributed by atoms with van der Waals surface area (Å²) in [5.41, 5.74) is 0.641. The number of carbonyl (C=O) groups is 2. The number of aryl methyl sites for hydroxylation is 1. The molecule has 0 heterocycles. The minimum absolute atomic E-state index is 0.0683. The van der Waals surface area contributed by atoms with Crippen LogP contribution in [0.4, 0.5) is 17.1 Å². The fourth-order valence-electron chi connectivity index (χ4n) is 2.74. The molecule has 0 spiro atoms. The van der Waals surface area contributed by atoms with Crippen molar-refractivity contribution in [2.75, 3.05) is 5.32 Å². The van der Waals surface area contributed by atoms with Crippen LogP contribution in [0.25, 0.3) is 0 Å². The summed E-state index contributed by atoms with van der Waals surface area (Å²) in [6, 6.07) is 15.0. The van der Waals surface area contributed by atoms with Crippen LogP contribution in [-0.4, -0.2) is 21.7 Å². The number of rotatable bonds is 6. The maximum atomic E-state index is 12.6. The van der Waals surface area contributed by atoms with Gasteiger partial charge < -0.3 is 10.1 Å². The molecular weight excluding hydrogens is 406 g/mol. The number of amides is 1. The summed E-state index contributed by atoms with van der Waals surface area (Å²) in [6.45, 7) is 1.57. The lowest BCUT2D eigenvalue weighted by Crippen LogP contribution is -2.16. The van der Waals surface area contributed by atoms with Crippen molar-refractivity contribution < 1.29 is 24.2 Å². The van der Waals surface area contributed by atoms with Crippen molar-refractivity contribution in [3.63, 3.8) is 0 Å². The Labute approximate surface area is 175 Å². The highest BCUT2D eigenvalue weighted by Gasteiger charge is 2.17. The molecule has 10 nitrogen and oxygen atoms in total. The maximum absolute atomic E-state index is 12.6. The van der Waals surface area contributed by atoms with Gasteiger partial charge in [-0.1, -0.05) is 12.1 Å². The predicted octanol–water partition coefficient (Wildman–Crippen LogP) is 4.28. The van der Waals surface area contributed by atoms with E-state index >= 15 is 0 Å². The van der Waals surface area contributed by atoms with Crippen LogP contribution in [0.2, 0.25) is 0 Å². The molecule has 0 unspecified atom stereocenters. The SMILES string of the molecule is Cc1cc([N+](=O)[O-])ccc1C(=O)Nc1ccccc1OC(=O)c1ccc([N+](=O)[O-])cc1. The van der Waals surface area contributed by atoms with Gasteiger partial charge in [-0.3, -0.25) is 25.0 Å². The van der Waals surface area contributed by atoms with E-state index in [0.717, 1.165) is 0 Å². The van der Waals surface area contributed by atoms with Gasteiger partial charge in [0.25, 0.3) is 17.3 Å². The number of nitrogens with one attached hydrogen (secondary N) is 1. The second kappa shape index (κ2) is 8.82. The third-order valence-electron chi connectivity index (χ3n) is 4.32. The van der Waals surface area contributed by atoms with Crippen LogP contribution in [0.5, 0.6) is 5.75 Å². The molecule has 0 aliphatic carbocycles. The molecule has 0 fully saturated rings. The van der Waals surface area contributed by atoms with Crippen LogP contribution < -0.4 is 10.1 Å². The fraction of sp³-hybridized carbons (Fsp3) is 0.0476. The second-order valence-electron chi connectivity index (χ2n) is 6.40. The average molecular weight is 421 g/mol. The highest BCUT2D eigenvalue weighted by Crippen LogP contribution is 2.26. The summed E-state index contributed by atoms with van der Waals surface area (Å²) in [6.07, 6.45) is 0. The van der Waals surface area contributed by atoms with Gasteiger partial charge in [-0.2, -0.15) is 0 Å². The van der Waals surface area contributed by atoms with E-state index in [0.29, 0.717) is 5.56 Å². The Morgan fingerprint density at radius 1 is 0.871 bits per heavy atom. The molecule has 3 aromatic carbocycles. The Hall–Kier alpha value is -4.60. The summed E-state index contributed by atoms with van der Waals surface area (Å²) in [4.78, 5) is 45.5. The molecule has 0 radical (unpaired) electrons. The number of hydrogen-bond donors (Lipinski definition) is 1. The van der Waals surface area contributed by atoms with E-state index in [1.807, 2.05) is 0 Å². The van der Waals surface area contributed by atoms with Gasteiger partial charge in [-0.15, -0.1) is 0 Å². The first kappa shape index (κ1) is 21.1. The maximum Gasteiger partial charge on any atom is 0.343 e. The molecule has 0 aromatic heterocycles. The number of ether oxygens (including phenoxy) is 1. The van der Waals surface area contributed by atoms with E-state index in [4.69, 9.17) is 4.74 Å². The first-order valence-electron chi connectivity index (χ1n) is 8.88. The lowest BCUT2D eigenvalue weighted by atomic mass is 10.1. The number of para-hydroxylation sites is 2. The third kappa shape index (κ3) is 4.88. The van der Waals surface area contributed by atoms with Gasteiger partial charge in [0.05, 0.1) is 21.1 Å². The molecule has 3 aromatic rings. The van der Waals surface area contributed by atoms with Crippen molar-refractivity contribution in [3.8, 4) is 5.75 Å². The number of carbonyl (C=O) groups excluding carboxylic acids is 2. The molecule has 3 rings (SSSR count). The van der Waals surface area contributed by atoms with Crippen LogP contribution in [0.15, 0.2) is 66.7 Å². The Morgan fingerprint density at radius 3 is 2.10 bits per heavy atom. The van der Waals surface area contributed by atoms with Gasteiger partial charge in [0.15, 0.2) is 5.75 Å². The first-order valence-corrected chi connectivity index (χ1v) is 8.88. The van der Waals surface area contributed by atoms with Gasteiger partial charge in [0, 0.05) is 29.8 Å². The van der Waals surface area contributed by atoms with Gasteiger partial charge in [0.2, 0.25) is 0 Å². The van der Waals surface area contributed by atoms with Gasteiger partial charge in [-0.25, -0.2) is 4.79 Å². The minimum Gasteiger partial charge on any atom is -0.421 e. The molecular formula is C21H15N3O7. The van der Waals surface area contributed by atoms with Crippen LogP contribution in [0.3, 0.4) is 0 Å². The summed E-state index contributed by atoms with van der Waals surface area (Å²) in [5.74, 6) is -1.23. The highest BCUT2D eigenvalue weighted by molar-refractivity contribution is 6.06. The normalized spacial score (nSPS) is 10.2. The number of hydrogen-bond acceptors (Lipinski definition) is 7. The standard InChI is InChI=1S/C21H15N3O7/c1-13-12-16(24(29)30)10-11-17(13)20(25)22-18-4-2-3-5-19(18)31-21(26)14-6-8-15(9-7-14)23(27)28/h2-12H,1H3,(H,22,25). The largest absolute Gasteiger partial charge is 0.421 e. The van der Waals surface area contributed by atoms with Gasteiger partial charge in [-0.05, 0) is 42.8 Å². The Bertz CT molecular complexity index is 1190. The smallest absolute Gasteiger partial charge is 0.343 e. The van der Waals surface area contributed by atoms with Crippen molar-refractivity contribution in [2.24, 2.45) is 0 Å². The Balaban J connectivity index is 1.79. The topological polar surface area (TPSA) is 142 Å². The fourth-order valence-corrected chi connectivity index (χ4v) is 2.74. The lowest BCUT2D eigenvalue weighted by molar-refractivity contribution is -0.385. The van der Waals surface area contributed by atoms with E-state index in [-0.39, 0.29) is 33.9 Å². The molecule has 0 saturated heterocycles. The van der Waals surface area contributed by atoms with Crippen LogP contribution in [0, 0.1) is 27.2 Å². The Kier molecular flexibility index (Phi) is 6.01. The first-order chi connectivity index (χ1) is 14.8. The molecule has 1 amide bonds. The van der Waals surface area contributed by atoms with Crippen molar-refractivity contribution in [1.82, 2.24) is 0 Å². The van der Waals surface area contributed by atoms with Crippen LogP contribution >= 0.6 is 0 Å². The minimum atomic E-state index is -0.761. The van der Waals surface area contributed by atoms with Crippen molar-refractivity contribution in [2.45, 2.75) is 6.92 Å². The monoisotopic (exact) mass is 421 g/mol. The zero-order valence-electron chi connectivity index (χ0n) is 16.1. The van der Waals surface area contributed by atoms with E-state index in [2.05, 4.69) is 5.32 Å². The summed E-state index contributed by atoms with van der Waals surface area (Å²) >= 11 is 0. The predicted molar refractivity (Wildman–Crippen MR) is 110 cm³/mol. The number of nitrogens with zero attached hydrogens (tertiary/aromatic N) is 2. The average Bonchev–Trinajstić information content (AvgIpc) is 2.74. The number of esters is 1. The zero-order valence-corrected chi connectivity index (χ0v) is 16.1. The summed E-state index contributed by atoms with van der Waals surface area (Å²) in [5, 5.41) is 24.2. The molecule has 0 saturated carbocycles. The highest BCUT2D eigenvalue weighted by atomic mass is 16.6. The van der Waals surface area contributed by atoms with E-state index in [1.54, 1.807) is 19.1 Å². The number of nitro groups is 2. The quantitative estimate of drug-likeness (QED) is 0.271. The van der Waals surface area contributed by atoms with Crippen molar-refractivity contribution in [1.29, 1.82) is 0 Å². The molecule has 0 atom stereocenters. The molecule has 0 aliphatic heterocycles.